The first-order chi connectivity index (χ1) is 16.0. The normalized spacial score (nSPS) is 33.1. The maximum atomic E-state index is 11.6. The number of benzene rings is 1. The molecule has 0 aromatic heterocycles. The Morgan fingerprint density at radius 1 is 1.06 bits per heavy atom. The van der Waals surface area contributed by atoms with Gasteiger partial charge in [-0.1, -0.05) is 42.0 Å². The molecule has 4 atom stereocenters. The highest BCUT2D eigenvalue weighted by molar-refractivity contribution is 5.49. The van der Waals surface area contributed by atoms with Crippen LogP contribution in [0.4, 0.5) is 0 Å². The average molecular weight is 451 g/mol. The second-order valence-corrected chi connectivity index (χ2v) is 9.97. The Hall–Kier alpha value is -2.38. The molecule has 3 fully saturated rings. The molecule has 6 nitrogen and oxygen atoms in total. The zero-order valence-electron chi connectivity index (χ0n) is 18.5. The van der Waals surface area contributed by atoms with Crippen LogP contribution in [0.5, 0.6) is 0 Å². The highest BCUT2D eigenvalue weighted by atomic mass is 16.5. The van der Waals surface area contributed by atoms with Gasteiger partial charge in [0, 0.05) is 0 Å². The fourth-order valence-corrected chi connectivity index (χ4v) is 5.46. The van der Waals surface area contributed by atoms with E-state index in [9.17, 15) is 15.3 Å². The van der Waals surface area contributed by atoms with Crippen LogP contribution in [0.3, 0.4) is 0 Å². The van der Waals surface area contributed by atoms with Gasteiger partial charge in [0.05, 0.1) is 18.1 Å². The zero-order valence-corrected chi connectivity index (χ0v) is 18.5. The average Bonchev–Trinajstić information content (AvgIpc) is 3.78. The van der Waals surface area contributed by atoms with Gasteiger partial charge in [-0.05, 0) is 61.1 Å². The molecule has 174 valence electrons. The van der Waals surface area contributed by atoms with Gasteiger partial charge in [0.15, 0.2) is 0 Å². The van der Waals surface area contributed by atoms with E-state index in [2.05, 4.69) is 24.3 Å². The van der Waals surface area contributed by atoms with Crippen molar-refractivity contribution in [1.82, 2.24) is 0 Å². The van der Waals surface area contributed by atoms with Gasteiger partial charge in [0.25, 0.3) is 0 Å². The van der Waals surface area contributed by atoms with Crippen LogP contribution in [0, 0.1) is 0 Å². The van der Waals surface area contributed by atoms with Crippen molar-refractivity contribution in [3.8, 4) is 0 Å². The Labute approximate surface area is 193 Å². The minimum Gasteiger partial charge on any atom is -0.466 e. The zero-order chi connectivity index (χ0) is 22.6. The molecule has 0 bridgehead atoms. The molecule has 1 saturated heterocycles. The first-order valence-electron chi connectivity index (χ1n) is 11.9. The Morgan fingerprint density at radius 2 is 1.91 bits per heavy atom. The molecule has 0 amide bonds. The summed E-state index contributed by atoms with van der Waals surface area (Å²) in [5, 5.41) is 33.2. The fraction of sp³-hybridized carbons (Fsp3) is 0.481. The van der Waals surface area contributed by atoms with Gasteiger partial charge < -0.3 is 29.5 Å². The molecule has 1 aromatic carbocycles. The largest absolute Gasteiger partial charge is 0.466 e. The smallest absolute Gasteiger partial charge is 0.150 e. The van der Waals surface area contributed by atoms with Crippen LogP contribution in [-0.4, -0.2) is 39.7 Å². The Bertz CT molecular complexity index is 1060. The van der Waals surface area contributed by atoms with Gasteiger partial charge in [0.2, 0.25) is 0 Å². The summed E-state index contributed by atoms with van der Waals surface area (Å²) in [7, 11) is 0. The molecular weight excluding hydrogens is 420 g/mol. The SMILES string of the molecule is O[C@@H]1[C@H](O)C2(CC2)OC[C@]1(O)c1ccc(C2CC2)c(C(C2=CC=CCC2)C2=COC=CO2)c1. The Balaban J connectivity index is 1.45. The highest BCUT2D eigenvalue weighted by Crippen LogP contribution is 2.52. The highest BCUT2D eigenvalue weighted by Gasteiger charge is 2.62. The number of allylic oxidation sites excluding steroid dienone is 4. The van der Waals surface area contributed by atoms with E-state index in [0.29, 0.717) is 30.1 Å². The van der Waals surface area contributed by atoms with Crippen LogP contribution in [0.15, 0.2) is 66.5 Å². The number of aliphatic hydroxyl groups is 3. The lowest BCUT2D eigenvalue weighted by Crippen LogP contribution is -2.60. The van der Waals surface area contributed by atoms with Crippen molar-refractivity contribution in [3.05, 3.63) is 83.2 Å². The number of ether oxygens (including phenoxy) is 3. The van der Waals surface area contributed by atoms with E-state index < -0.39 is 23.4 Å². The van der Waals surface area contributed by atoms with E-state index in [1.807, 2.05) is 12.1 Å². The minimum atomic E-state index is -1.69. The van der Waals surface area contributed by atoms with Crippen LogP contribution in [0.2, 0.25) is 0 Å². The molecule has 3 N–H and O–H groups in total. The van der Waals surface area contributed by atoms with Gasteiger partial charge in [0.1, 0.15) is 42.4 Å². The number of hydrogen-bond donors (Lipinski definition) is 3. The molecular formula is C27H30O6. The molecule has 1 aromatic rings. The number of rotatable bonds is 5. The molecule has 2 heterocycles. The molecule has 6 rings (SSSR count). The lowest BCUT2D eigenvalue weighted by molar-refractivity contribution is -0.249. The monoisotopic (exact) mass is 450 g/mol. The van der Waals surface area contributed by atoms with Crippen LogP contribution in [-0.2, 0) is 19.8 Å². The predicted octanol–water partition coefficient (Wildman–Crippen LogP) is 3.76. The molecule has 1 unspecified atom stereocenters. The van der Waals surface area contributed by atoms with E-state index in [1.54, 1.807) is 12.5 Å². The summed E-state index contributed by atoms with van der Waals surface area (Å²) in [5.74, 6) is 1.00. The second-order valence-electron chi connectivity index (χ2n) is 9.97. The Morgan fingerprint density at radius 3 is 2.58 bits per heavy atom. The van der Waals surface area contributed by atoms with Crippen molar-refractivity contribution in [2.45, 2.75) is 73.8 Å². The van der Waals surface area contributed by atoms with E-state index in [4.69, 9.17) is 14.2 Å². The quantitative estimate of drug-likeness (QED) is 0.633. The lowest BCUT2D eigenvalue weighted by Gasteiger charge is -2.44. The summed E-state index contributed by atoms with van der Waals surface area (Å²) in [6, 6.07) is 5.91. The van der Waals surface area contributed by atoms with E-state index in [0.717, 1.165) is 31.2 Å². The number of hydrogen-bond acceptors (Lipinski definition) is 6. The third-order valence-corrected chi connectivity index (χ3v) is 7.79. The van der Waals surface area contributed by atoms with Crippen LogP contribution < -0.4 is 0 Å². The van der Waals surface area contributed by atoms with Gasteiger partial charge in [-0.25, -0.2) is 0 Å². The summed E-state index contributed by atoms with van der Waals surface area (Å²) in [4.78, 5) is 0. The van der Waals surface area contributed by atoms with Gasteiger partial charge in [-0.15, -0.1) is 0 Å². The molecule has 0 radical (unpaired) electrons. The van der Waals surface area contributed by atoms with E-state index in [-0.39, 0.29) is 12.5 Å². The first-order valence-corrected chi connectivity index (χ1v) is 11.9. The first kappa shape index (κ1) is 21.2. The van der Waals surface area contributed by atoms with Crippen LogP contribution >= 0.6 is 0 Å². The second kappa shape index (κ2) is 7.84. The molecule has 1 spiro atoms. The maximum Gasteiger partial charge on any atom is 0.150 e. The summed E-state index contributed by atoms with van der Waals surface area (Å²) in [6.07, 6.45) is 14.1. The molecule has 2 saturated carbocycles. The summed E-state index contributed by atoms with van der Waals surface area (Å²) < 4.78 is 17.3. The fourth-order valence-electron chi connectivity index (χ4n) is 5.46. The van der Waals surface area contributed by atoms with Gasteiger partial charge in [-0.3, -0.25) is 0 Å². The summed E-state index contributed by atoms with van der Waals surface area (Å²) >= 11 is 0. The maximum absolute atomic E-state index is 11.6. The standard InChI is InChI=1S/C27H30O6/c28-24-25(29)27(30,16-33-26(24)10-11-26)19-8-9-20(17-6-7-17)21(14-19)23(18-4-2-1-3-5-18)22-15-31-12-13-32-22/h1-2,4,8-9,12-15,17,23-25,28-30H,3,5-7,10-11,16H2/t23?,24-,25+,27-/m0/s1. The third kappa shape index (κ3) is 3.56. The van der Waals surface area contributed by atoms with Crippen molar-refractivity contribution >= 4 is 0 Å². The summed E-state index contributed by atoms with van der Waals surface area (Å²) in [6.45, 7) is -0.0470. The number of aliphatic hydroxyl groups excluding tert-OH is 2. The molecule has 6 heteroatoms. The van der Waals surface area contributed by atoms with E-state index >= 15 is 0 Å². The molecule has 33 heavy (non-hydrogen) atoms. The summed E-state index contributed by atoms with van der Waals surface area (Å²) in [5.41, 5.74) is 1.65. The van der Waals surface area contributed by atoms with Crippen molar-refractivity contribution in [3.63, 3.8) is 0 Å². The van der Waals surface area contributed by atoms with Crippen molar-refractivity contribution in [1.29, 1.82) is 0 Å². The van der Waals surface area contributed by atoms with E-state index in [1.165, 1.54) is 17.4 Å². The van der Waals surface area contributed by atoms with Crippen molar-refractivity contribution in [2.24, 2.45) is 0 Å². The van der Waals surface area contributed by atoms with Crippen molar-refractivity contribution < 1.29 is 29.5 Å². The third-order valence-electron chi connectivity index (χ3n) is 7.79. The van der Waals surface area contributed by atoms with Gasteiger partial charge in [-0.2, -0.15) is 0 Å². The van der Waals surface area contributed by atoms with Crippen LogP contribution in [0.25, 0.3) is 0 Å². The molecule has 3 aliphatic carbocycles. The molecule has 5 aliphatic rings. The van der Waals surface area contributed by atoms with Crippen molar-refractivity contribution in [2.75, 3.05) is 6.61 Å². The molecule has 2 aliphatic heterocycles. The van der Waals surface area contributed by atoms with Gasteiger partial charge >= 0.3 is 0 Å². The predicted molar refractivity (Wildman–Crippen MR) is 121 cm³/mol. The Kier molecular flexibility index (Phi) is 5.03. The lowest BCUT2D eigenvalue weighted by atomic mass is 9.76. The van der Waals surface area contributed by atoms with Crippen LogP contribution in [0.1, 0.15) is 67.1 Å². The topological polar surface area (TPSA) is 88.4 Å². The minimum absolute atomic E-state index is 0.0470.